The molecule has 2 aliphatic rings. The lowest BCUT2D eigenvalue weighted by molar-refractivity contribution is 0.464. The van der Waals surface area contributed by atoms with Crippen molar-refractivity contribution in [2.75, 3.05) is 29.5 Å². The lowest BCUT2D eigenvalue weighted by Crippen LogP contribution is -2.22. The Morgan fingerprint density at radius 2 is 2.00 bits per heavy atom. The quantitative estimate of drug-likeness (QED) is 0.791. The molecule has 0 aromatic heterocycles. The summed E-state index contributed by atoms with van der Waals surface area (Å²) in [4.78, 5) is 7.18. The van der Waals surface area contributed by atoms with Crippen LogP contribution in [0.1, 0.15) is 17.2 Å². The van der Waals surface area contributed by atoms with Crippen molar-refractivity contribution in [2.45, 2.75) is 6.04 Å². The van der Waals surface area contributed by atoms with Gasteiger partial charge in [-0.15, -0.1) is 0 Å². The number of aliphatic imine (C=N–C) groups is 1. The lowest BCUT2D eigenvalue weighted by Gasteiger charge is -2.15. The van der Waals surface area contributed by atoms with E-state index in [0.717, 1.165) is 30.2 Å². The van der Waals surface area contributed by atoms with E-state index in [0.29, 0.717) is 10.7 Å². The van der Waals surface area contributed by atoms with Gasteiger partial charge in [-0.25, -0.2) is 0 Å². The van der Waals surface area contributed by atoms with Crippen molar-refractivity contribution in [3.05, 3.63) is 59.7 Å². The maximum atomic E-state index is 8.85. The molecule has 1 saturated heterocycles. The second-order valence-corrected chi connectivity index (χ2v) is 7.59. The molecule has 1 unspecified atom stereocenters. The molecule has 2 N–H and O–H groups in total. The molecule has 26 heavy (non-hydrogen) atoms. The molecule has 5 nitrogen and oxygen atoms in total. The number of rotatable bonds is 3. The summed E-state index contributed by atoms with van der Waals surface area (Å²) in [7, 11) is 0. The van der Waals surface area contributed by atoms with Crippen LogP contribution in [0, 0.1) is 11.3 Å². The van der Waals surface area contributed by atoms with E-state index in [1.807, 2.05) is 36.0 Å². The number of hydrogen-bond acceptors (Lipinski definition) is 5. The number of nitrogens with one attached hydrogen (secondary N) is 2. The maximum Gasteiger partial charge on any atom is 0.175 e. The van der Waals surface area contributed by atoms with Crippen molar-refractivity contribution in [2.24, 2.45) is 4.99 Å². The van der Waals surface area contributed by atoms with Crippen LogP contribution in [-0.2, 0) is 0 Å². The molecular weight excluding hydrogens is 362 g/mol. The minimum Gasteiger partial charge on any atom is -0.348 e. The Bertz CT molecular complexity index is 901. The van der Waals surface area contributed by atoms with Gasteiger partial charge in [0.1, 0.15) is 0 Å². The van der Waals surface area contributed by atoms with Crippen LogP contribution < -0.4 is 10.6 Å². The van der Waals surface area contributed by atoms with Gasteiger partial charge in [0.25, 0.3) is 0 Å². The number of benzene rings is 2. The molecule has 0 saturated carbocycles. The summed E-state index contributed by atoms with van der Waals surface area (Å²) in [6, 6.07) is 17.7. The van der Waals surface area contributed by atoms with Gasteiger partial charge in [-0.05, 0) is 54.2 Å². The Morgan fingerprint density at radius 1 is 1.19 bits per heavy atom. The van der Waals surface area contributed by atoms with Crippen LogP contribution in [-0.4, -0.2) is 34.0 Å². The Hall–Kier alpha value is -2.56. The third-order valence-electron chi connectivity index (χ3n) is 4.32. The van der Waals surface area contributed by atoms with Crippen LogP contribution in [0.15, 0.2) is 53.5 Å². The molecule has 1 atom stereocenters. The Balaban J connectivity index is 1.41. The summed E-state index contributed by atoms with van der Waals surface area (Å²) in [5.41, 5.74) is 3.60. The van der Waals surface area contributed by atoms with Crippen molar-refractivity contribution < 1.29 is 0 Å². The number of thioether (sulfide) groups is 1. The smallest absolute Gasteiger partial charge is 0.175 e. The lowest BCUT2D eigenvalue weighted by atomic mass is 10.1. The van der Waals surface area contributed by atoms with Gasteiger partial charge < -0.3 is 15.5 Å². The fraction of sp³-hybridized carbons (Fsp3) is 0.211. The van der Waals surface area contributed by atoms with E-state index in [2.05, 4.69) is 33.7 Å². The van der Waals surface area contributed by atoms with E-state index in [9.17, 15) is 0 Å². The molecule has 2 aromatic carbocycles. The van der Waals surface area contributed by atoms with E-state index in [-0.39, 0.29) is 6.04 Å². The van der Waals surface area contributed by atoms with Gasteiger partial charge in [-0.3, -0.25) is 4.99 Å². The molecule has 2 aliphatic heterocycles. The second-order valence-electron chi connectivity index (χ2n) is 6.12. The highest BCUT2D eigenvalue weighted by atomic mass is 32.2. The summed E-state index contributed by atoms with van der Waals surface area (Å²) < 4.78 is 0. The molecule has 0 bridgehead atoms. The van der Waals surface area contributed by atoms with Crippen LogP contribution >= 0.6 is 24.0 Å². The Morgan fingerprint density at radius 3 is 2.77 bits per heavy atom. The summed E-state index contributed by atoms with van der Waals surface area (Å²) >= 11 is 7.24. The van der Waals surface area contributed by atoms with Crippen molar-refractivity contribution >= 4 is 45.6 Å². The molecule has 2 heterocycles. The van der Waals surface area contributed by atoms with Crippen LogP contribution in [0.4, 0.5) is 11.4 Å². The molecule has 0 radical (unpaired) electrons. The number of fused-ring (bicyclic) bond motifs is 1. The largest absolute Gasteiger partial charge is 0.348 e. The minimum absolute atomic E-state index is 0.194. The predicted molar refractivity (Wildman–Crippen MR) is 112 cm³/mol. The van der Waals surface area contributed by atoms with Gasteiger partial charge in [0, 0.05) is 30.2 Å². The fourth-order valence-corrected chi connectivity index (χ4v) is 4.31. The molecule has 130 valence electrons. The standard InChI is InChI=1S/C19H17N5S2/c20-11-13-4-6-15(7-5-13)21-18(25)22-16-3-1-2-14(10-16)17-12-24-8-9-26-19(24)23-17/h1-7,10,17H,8-9,12H2,(H2,21,22,25). The van der Waals surface area contributed by atoms with E-state index in [4.69, 9.17) is 22.5 Å². The SMILES string of the molecule is N#Cc1ccc(NC(=S)Nc2cccc(C3CN4CCSC4=N3)c2)cc1. The highest BCUT2D eigenvalue weighted by Gasteiger charge is 2.30. The van der Waals surface area contributed by atoms with E-state index < -0.39 is 0 Å². The van der Waals surface area contributed by atoms with Crippen molar-refractivity contribution in [1.82, 2.24) is 4.90 Å². The van der Waals surface area contributed by atoms with Crippen LogP contribution in [0.25, 0.3) is 0 Å². The third kappa shape index (κ3) is 3.66. The number of amidine groups is 1. The van der Waals surface area contributed by atoms with Crippen molar-refractivity contribution in [1.29, 1.82) is 5.26 Å². The highest BCUT2D eigenvalue weighted by Crippen LogP contribution is 2.33. The van der Waals surface area contributed by atoms with Gasteiger partial charge in [0.2, 0.25) is 0 Å². The van der Waals surface area contributed by atoms with Gasteiger partial charge in [-0.1, -0.05) is 23.9 Å². The van der Waals surface area contributed by atoms with E-state index in [1.54, 1.807) is 12.1 Å². The maximum absolute atomic E-state index is 8.85. The van der Waals surface area contributed by atoms with Crippen molar-refractivity contribution in [3.8, 4) is 6.07 Å². The number of anilines is 2. The average molecular weight is 380 g/mol. The van der Waals surface area contributed by atoms with Gasteiger partial charge in [0.15, 0.2) is 10.3 Å². The Kier molecular flexibility index (Phi) is 4.78. The van der Waals surface area contributed by atoms with Crippen LogP contribution in [0.2, 0.25) is 0 Å². The first-order valence-electron chi connectivity index (χ1n) is 8.35. The van der Waals surface area contributed by atoms with Crippen LogP contribution in [0.3, 0.4) is 0 Å². The van der Waals surface area contributed by atoms with Gasteiger partial charge in [0.05, 0.1) is 17.7 Å². The van der Waals surface area contributed by atoms with E-state index >= 15 is 0 Å². The minimum atomic E-state index is 0.194. The molecule has 0 spiro atoms. The summed E-state index contributed by atoms with van der Waals surface area (Å²) in [5.74, 6) is 1.14. The molecule has 2 aromatic rings. The normalized spacial score (nSPS) is 18.0. The van der Waals surface area contributed by atoms with Crippen LogP contribution in [0.5, 0.6) is 0 Å². The topological polar surface area (TPSA) is 63.5 Å². The number of hydrogen-bond donors (Lipinski definition) is 2. The summed E-state index contributed by atoms with van der Waals surface area (Å²) in [6.45, 7) is 2.05. The summed E-state index contributed by atoms with van der Waals surface area (Å²) in [5, 5.41) is 16.9. The first-order valence-corrected chi connectivity index (χ1v) is 9.74. The zero-order valence-electron chi connectivity index (χ0n) is 14.0. The number of thiocarbonyl (C=S) groups is 1. The number of nitrogens with zero attached hydrogens (tertiary/aromatic N) is 3. The second kappa shape index (κ2) is 7.36. The molecular formula is C19H17N5S2. The fourth-order valence-electron chi connectivity index (χ4n) is 3.03. The zero-order chi connectivity index (χ0) is 17.9. The number of nitriles is 1. The average Bonchev–Trinajstić information content (AvgIpc) is 3.24. The highest BCUT2D eigenvalue weighted by molar-refractivity contribution is 8.14. The van der Waals surface area contributed by atoms with E-state index in [1.165, 1.54) is 10.7 Å². The first-order chi connectivity index (χ1) is 12.7. The van der Waals surface area contributed by atoms with Gasteiger partial charge in [-0.2, -0.15) is 5.26 Å². The summed E-state index contributed by atoms with van der Waals surface area (Å²) in [6.07, 6.45) is 0. The molecule has 0 amide bonds. The Labute approximate surface area is 162 Å². The molecule has 4 rings (SSSR count). The first kappa shape index (κ1) is 16.9. The molecule has 1 fully saturated rings. The monoisotopic (exact) mass is 379 g/mol. The predicted octanol–water partition coefficient (Wildman–Crippen LogP) is 3.83. The zero-order valence-corrected chi connectivity index (χ0v) is 15.6. The molecule has 7 heteroatoms. The molecule has 0 aliphatic carbocycles. The van der Waals surface area contributed by atoms with Gasteiger partial charge >= 0.3 is 0 Å². The van der Waals surface area contributed by atoms with Crippen molar-refractivity contribution in [3.63, 3.8) is 0 Å². The third-order valence-corrected chi connectivity index (χ3v) is 5.54.